The number of piperidine rings is 1. The summed E-state index contributed by atoms with van der Waals surface area (Å²) < 4.78 is 12.1. The van der Waals surface area contributed by atoms with Crippen LogP contribution >= 0.6 is 0 Å². The van der Waals surface area contributed by atoms with Crippen LogP contribution < -0.4 is 10.2 Å². The Hall–Kier alpha value is -3.19. The normalized spacial score (nSPS) is 19.1. The van der Waals surface area contributed by atoms with Crippen LogP contribution in [0.1, 0.15) is 51.0 Å². The van der Waals surface area contributed by atoms with E-state index in [1.165, 1.54) is 32.4 Å². The third-order valence-corrected chi connectivity index (χ3v) is 6.71. The van der Waals surface area contributed by atoms with Gasteiger partial charge in [0.1, 0.15) is 11.3 Å². The molecule has 34 heavy (non-hydrogen) atoms. The minimum Gasteiger partial charge on any atom is -0.494 e. The molecule has 178 valence electrons. The van der Waals surface area contributed by atoms with Gasteiger partial charge in [-0.15, -0.1) is 0 Å². The molecule has 2 aliphatic rings. The number of hydrogen-bond acceptors (Lipinski definition) is 6. The van der Waals surface area contributed by atoms with Crippen molar-refractivity contribution in [2.75, 3.05) is 26.2 Å². The number of amides is 1. The molecule has 2 aromatic carbocycles. The van der Waals surface area contributed by atoms with Crippen LogP contribution in [0, 0.1) is 5.92 Å². The van der Waals surface area contributed by atoms with Crippen LogP contribution in [0.2, 0.25) is 0 Å². The largest absolute Gasteiger partial charge is 0.494 e. The summed E-state index contributed by atoms with van der Waals surface area (Å²) in [5, 5.41) is 4.32. The molecule has 5 rings (SSSR count). The Kier molecular flexibility index (Phi) is 6.90. The molecule has 0 bridgehead atoms. The summed E-state index contributed by atoms with van der Waals surface area (Å²) in [6.07, 6.45) is 6.34. The fourth-order valence-corrected chi connectivity index (χ4v) is 4.81. The predicted octanol–water partition coefficient (Wildman–Crippen LogP) is 5.00. The fraction of sp³-hybridized carbons (Fsp3) is 0.444. The van der Waals surface area contributed by atoms with E-state index in [-0.39, 0.29) is 11.8 Å². The van der Waals surface area contributed by atoms with Gasteiger partial charge in [0.2, 0.25) is 11.8 Å². The van der Waals surface area contributed by atoms with Crippen molar-refractivity contribution in [1.29, 1.82) is 0 Å². The van der Waals surface area contributed by atoms with Crippen LogP contribution in [0.5, 0.6) is 5.75 Å². The summed E-state index contributed by atoms with van der Waals surface area (Å²) in [5.41, 5.74) is 6.83. The minimum absolute atomic E-state index is 0.0350. The van der Waals surface area contributed by atoms with E-state index < -0.39 is 0 Å². The average molecular weight is 461 g/mol. The Labute approximate surface area is 200 Å². The van der Waals surface area contributed by atoms with Gasteiger partial charge in [0, 0.05) is 30.0 Å². The SMILES string of the molecule is CCC1CC(=O)NN=C1c1ccc2nc(-c3cccc(OCCCN4CCCCC4)c3)oc2c1. The molecular weight excluding hydrogens is 428 g/mol. The van der Waals surface area contributed by atoms with Gasteiger partial charge in [-0.2, -0.15) is 5.10 Å². The van der Waals surface area contributed by atoms with E-state index in [9.17, 15) is 4.79 Å². The molecule has 0 aliphatic carbocycles. The fourth-order valence-electron chi connectivity index (χ4n) is 4.81. The van der Waals surface area contributed by atoms with Crippen molar-refractivity contribution in [3.8, 4) is 17.2 Å². The van der Waals surface area contributed by atoms with Crippen LogP contribution in [0.4, 0.5) is 0 Å². The number of carbonyl (C=O) groups is 1. The molecule has 0 saturated carbocycles. The number of fused-ring (bicyclic) bond motifs is 1. The van der Waals surface area contributed by atoms with Gasteiger partial charge in [0.05, 0.1) is 12.3 Å². The van der Waals surface area contributed by atoms with E-state index in [0.717, 1.165) is 47.5 Å². The quantitative estimate of drug-likeness (QED) is 0.479. The molecule has 7 nitrogen and oxygen atoms in total. The Morgan fingerprint density at radius 2 is 2.00 bits per heavy atom. The average Bonchev–Trinajstić information content (AvgIpc) is 3.31. The van der Waals surface area contributed by atoms with E-state index in [1.54, 1.807) is 0 Å². The van der Waals surface area contributed by atoms with Gasteiger partial charge in [-0.25, -0.2) is 10.4 Å². The molecule has 1 saturated heterocycles. The van der Waals surface area contributed by atoms with Gasteiger partial charge in [0.15, 0.2) is 5.58 Å². The maximum absolute atomic E-state index is 11.7. The summed E-state index contributed by atoms with van der Waals surface area (Å²) in [5.74, 6) is 1.47. The first-order valence-electron chi connectivity index (χ1n) is 12.4. The molecule has 3 aromatic rings. The summed E-state index contributed by atoms with van der Waals surface area (Å²) in [6.45, 7) is 6.31. The molecule has 1 amide bonds. The van der Waals surface area contributed by atoms with Crippen LogP contribution in [-0.2, 0) is 4.79 Å². The Morgan fingerprint density at radius 3 is 2.85 bits per heavy atom. The lowest BCUT2D eigenvalue weighted by molar-refractivity contribution is -0.122. The summed E-state index contributed by atoms with van der Waals surface area (Å²) >= 11 is 0. The molecule has 1 atom stereocenters. The van der Waals surface area contributed by atoms with Gasteiger partial charge in [-0.05, 0) is 69.1 Å². The molecule has 3 heterocycles. The van der Waals surface area contributed by atoms with E-state index in [1.807, 2.05) is 42.5 Å². The van der Waals surface area contributed by atoms with Gasteiger partial charge in [-0.3, -0.25) is 4.79 Å². The van der Waals surface area contributed by atoms with Crippen molar-refractivity contribution in [3.05, 3.63) is 48.0 Å². The Bertz CT molecular complexity index is 1180. The molecule has 0 spiro atoms. The number of hydrogen-bond donors (Lipinski definition) is 1. The number of likely N-dealkylation sites (tertiary alicyclic amines) is 1. The second-order valence-corrected chi connectivity index (χ2v) is 9.17. The first kappa shape index (κ1) is 22.6. The number of nitrogens with one attached hydrogen (secondary N) is 1. The van der Waals surface area contributed by atoms with Gasteiger partial charge in [0.25, 0.3) is 0 Å². The number of ether oxygens (including phenoxy) is 1. The van der Waals surface area contributed by atoms with Crippen molar-refractivity contribution in [2.24, 2.45) is 11.0 Å². The van der Waals surface area contributed by atoms with Crippen molar-refractivity contribution < 1.29 is 13.9 Å². The molecular formula is C27H32N4O3. The number of carbonyl (C=O) groups excluding carboxylic acids is 1. The van der Waals surface area contributed by atoms with E-state index in [2.05, 4.69) is 27.3 Å². The highest BCUT2D eigenvalue weighted by Crippen LogP contribution is 2.29. The van der Waals surface area contributed by atoms with Crippen LogP contribution in [0.3, 0.4) is 0 Å². The summed E-state index contributed by atoms with van der Waals surface area (Å²) in [7, 11) is 0. The highest BCUT2D eigenvalue weighted by atomic mass is 16.5. The maximum atomic E-state index is 11.7. The van der Waals surface area contributed by atoms with Crippen LogP contribution in [-0.4, -0.2) is 47.7 Å². The lowest BCUT2D eigenvalue weighted by Crippen LogP contribution is -2.33. The van der Waals surface area contributed by atoms with Gasteiger partial charge >= 0.3 is 0 Å². The first-order valence-corrected chi connectivity index (χ1v) is 12.4. The number of oxazole rings is 1. The number of rotatable bonds is 8. The number of nitrogens with zero attached hydrogens (tertiary/aromatic N) is 3. The lowest BCUT2D eigenvalue weighted by Gasteiger charge is -2.26. The van der Waals surface area contributed by atoms with Gasteiger partial charge < -0.3 is 14.1 Å². The van der Waals surface area contributed by atoms with Gasteiger partial charge in [-0.1, -0.05) is 25.5 Å². The van der Waals surface area contributed by atoms with E-state index in [4.69, 9.17) is 9.15 Å². The summed E-state index contributed by atoms with van der Waals surface area (Å²) in [4.78, 5) is 18.9. The topological polar surface area (TPSA) is 80.0 Å². The second kappa shape index (κ2) is 10.4. The summed E-state index contributed by atoms with van der Waals surface area (Å²) in [6, 6.07) is 13.8. The predicted molar refractivity (Wildman–Crippen MR) is 133 cm³/mol. The third-order valence-electron chi connectivity index (χ3n) is 6.71. The molecule has 7 heteroatoms. The molecule has 0 radical (unpaired) electrons. The molecule has 2 aliphatic heterocycles. The number of hydrazone groups is 1. The zero-order valence-corrected chi connectivity index (χ0v) is 19.8. The molecule has 1 fully saturated rings. The highest BCUT2D eigenvalue weighted by molar-refractivity contribution is 6.07. The van der Waals surface area contributed by atoms with Crippen molar-refractivity contribution in [2.45, 2.75) is 45.4 Å². The Morgan fingerprint density at radius 1 is 1.12 bits per heavy atom. The molecule has 1 aromatic heterocycles. The highest BCUT2D eigenvalue weighted by Gasteiger charge is 2.24. The van der Waals surface area contributed by atoms with Crippen LogP contribution in [0.15, 0.2) is 52.0 Å². The smallest absolute Gasteiger partial charge is 0.240 e. The Balaban J connectivity index is 1.27. The second-order valence-electron chi connectivity index (χ2n) is 9.17. The van der Waals surface area contributed by atoms with Crippen molar-refractivity contribution in [1.82, 2.24) is 15.3 Å². The maximum Gasteiger partial charge on any atom is 0.240 e. The zero-order chi connectivity index (χ0) is 23.3. The molecule has 1 unspecified atom stereocenters. The number of benzene rings is 2. The van der Waals surface area contributed by atoms with E-state index in [0.29, 0.717) is 24.5 Å². The molecule has 1 N–H and O–H groups in total. The minimum atomic E-state index is -0.0350. The lowest BCUT2D eigenvalue weighted by atomic mass is 9.90. The standard InChI is InChI=1S/C27H32N4O3/c1-2-19-18-25(32)29-30-26(19)20-10-11-23-24(17-20)34-27(28-23)21-8-6-9-22(16-21)33-15-7-14-31-12-4-3-5-13-31/h6,8-11,16-17,19H,2-5,7,12-15,18H2,1H3,(H,29,32). The monoisotopic (exact) mass is 460 g/mol. The van der Waals surface area contributed by atoms with Crippen molar-refractivity contribution >= 4 is 22.7 Å². The van der Waals surface area contributed by atoms with E-state index >= 15 is 0 Å². The number of aromatic nitrogens is 1. The first-order chi connectivity index (χ1) is 16.7. The zero-order valence-electron chi connectivity index (χ0n) is 19.8. The van der Waals surface area contributed by atoms with Crippen molar-refractivity contribution in [3.63, 3.8) is 0 Å². The van der Waals surface area contributed by atoms with Crippen LogP contribution in [0.25, 0.3) is 22.6 Å². The third kappa shape index (κ3) is 5.14.